The quantitative estimate of drug-likeness (QED) is 0.178. The van der Waals surface area contributed by atoms with E-state index in [1.165, 1.54) is 82.4 Å². The number of nitrogens with zero attached hydrogens (tertiary/aromatic N) is 4. The molecule has 0 spiro atoms. The van der Waals surface area contributed by atoms with Crippen LogP contribution in [0.1, 0.15) is 25.0 Å². The zero-order chi connectivity index (χ0) is 40.4. The molecule has 0 N–H and O–H groups in total. The van der Waals surface area contributed by atoms with Gasteiger partial charge in [-0.15, -0.1) is 0 Å². The Hall–Kier alpha value is -7.82. The molecule has 0 radical (unpaired) electrons. The molecule has 3 heterocycles. The molecule has 0 amide bonds. The van der Waals surface area contributed by atoms with Crippen LogP contribution in [0.25, 0.3) is 110 Å². The van der Waals surface area contributed by atoms with Crippen LogP contribution in [0, 0.1) is 0 Å². The molecular weight excluding hydrogens is 741 g/mol. The average molecular weight is 779 g/mol. The fraction of sp³-hybridized carbons (Fsp3) is 0.0526. The lowest BCUT2D eigenvalue weighted by Gasteiger charge is -2.22. The van der Waals surface area contributed by atoms with Crippen LogP contribution in [0.5, 0.6) is 0 Å². The van der Waals surface area contributed by atoms with E-state index < -0.39 is 0 Å². The van der Waals surface area contributed by atoms with E-state index in [-0.39, 0.29) is 5.41 Å². The van der Waals surface area contributed by atoms with Crippen LogP contribution >= 0.6 is 0 Å². The zero-order valence-electron chi connectivity index (χ0n) is 33.8. The predicted molar refractivity (Wildman–Crippen MR) is 254 cm³/mol. The average Bonchev–Trinajstić information content (AvgIpc) is 3.91. The van der Waals surface area contributed by atoms with Crippen LogP contribution in [0.4, 0.5) is 0 Å². The van der Waals surface area contributed by atoms with E-state index in [9.17, 15) is 0 Å². The topological polar surface area (TPSA) is 35.6 Å². The van der Waals surface area contributed by atoms with E-state index in [4.69, 9.17) is 9.97 Å². The van der Waals surface area contributed by atoms with Crippen LogP contribution in [-0.2, 0) is 5.41 Å². The number of aromatic nitrogens is 4. The van der Waals surface area contributed by atoms with Gasteiger partial charge in [-0.25, -0.2) is 9.97 Å². The van der Waals surface area contributed by atoms with Gasteiger partial charge >= 0.3 is 0 Å². The van der Waals surface area contributed by atoms with Crippen LogP contribution in [0.15, 0.2) is 194 Å². The molecule has 4 nitrogen and oxygen atoms in total. The molecule has 61 heavy (non-hydrogen) atoms. The van der Waals surface area contributed by atoms with E-state index in [0.717, 1.165) is 33.2 Å². The minimum atomic E-state index is -0.0778. The Labute approximate surface area is 352 Å². The van der Waals surface area contributed by atoms with Gasteiger partial charge in [-0.05, 0) is 98.8 Å². The van der Waals surface area contributed by atoms with Crippen molar-refractivity contribution in [2.24, 2.45) is 0 Å². The van der Waals surface area contributed by atoms with Crippen molar-refractivity contribution in [3.05, 3.63) is 205 Å². The summed E-state index contributed by atoms with van der Waals surface area (Å²) < 4.78 is 4.71. The van der Waals surface area contributed by atoms with Gasteiger partial charge in [0.15, 0.2) is 0 Å². The molecule has 4 heteroatoms. The first kappa shape index (κ1) is 34.1. The zero-order valence-corrected chi connectivity index (χ0v) is 33.8. The lowest BCUT2D eigenvalue weighted by atomic mass is 9.82. The van der Waals surface area contributed by atoms with Gasteiger partial charge in [0.2, 0.25) is 5.95 Å². The Morgan fingerprint density at radius 2 is 1.03 bits per heavy atom. The lowest BCUT2D eigenvalue weighted by Crippen LogP contribution is -2.15. The van der Waals surface area contributed by atoms with Crippen molar-refractivity contribution >= 4 is 65.3 Å². The van der Waals surface area contributed by atoms with Crippen LogP contribution in [0.3, 0.4) is 0 Å². The van der Waals surface area contributed by atoms with Gasteiger partial charge in [-0.1, -0.05) is 153 Å². The summed E-state index contributed by atoms with van der Waals surface area (Å²) in [5.74, 6) is 0.661. The summed E-state index contributed by atoms with van der Waals surface area (Å²) in [6.07, 6.45) is 0. The van der Waals surface area contributed by atoms with E-state index in [1.807, 2.05) is 6.07 Å². The second-order valence-electron chi connectivity index (χ2n) is 17.0. The van der Waals surface area contributed by atoms with Gasteiger partial charge in [-0.3, -0.25) is 4.57 Å². The third-order valence-electron chi connectivity index (χ3n) is 13.3. The minimum absolute atomic E-state index is 0.0778. The summed E-state index contributed by atoms with van der Waals surface area (Å²) in [5, 5.41) is 8.31. The molecule has 9 aromatic carbocycles. The molecule has 0 bridgehead atoms. The van der Waals surface area contributed by atoms with Crippen molar-refractivity contribution in [3.63, 3.8) is 0 Å². The Kier molecular flexibility index (Phi) is 7.04. The van der Waals surface area contributed by atoms with Crippen LogP contribution in [0.2, 0.25) is 0 Å². The molecule has 1 aliphatic rings. The van der Waals surface area contributed by atoms with Crippen LogP contribution in [-0.4, -0.2) is 19.1 Å². The first-order valence-electron chi connectivity index (χ1n) is 21.1. The van der Waals surface area contributed by atoms with Crippen molar-refractivity contribution in [1.29, 1.82) is 0 Å². The second-order valence-corrected chi connectivity index (χ2v) is 17.0. The summed E-state index contributed by atoms with van der Waals surface area (Å²) in [4.78, 5) is 10.6. The molecule has 286 valence electrons. The summed E-state index contributed by atoms with van der Waals surface area (Å²) >= 11 is 0. The molecule has 0 atom stereocenters. The maximum atomic E-state index is 5.35. The SMILES string of the molecule is CC1(C)c2ccccc2-c2ccc(-n3c4ccccc4c4cc(-c5ccc6c(c5)c5c7ccccc7ccc5n6-c5nc(-c6ccccc6)c6ccccc6n5)ccc43)cc21. The van der Waals surface area contributed by atoms with Gasteiger partial charge in [-0.2, -0.15) is 0 Å². The van der Waals surface area contributed by atoms with E-state index in [2.05, 4.69) is 211 Å². The Morgan fingerprint density at radius 3 is 1.89 bits per heavy atom. The van der Waals surface area contributed by atoms with Gasteiger partial charge in [0.05, 0.1) is 33.3 Å². The lowest BCUT2D eigenvalue weighted by molar-refractivity contribution is 0.660. The van der Waals surface area contributed by atoms with E-state index in [1.54, 1.807) is 0 Å². The van der Waals surface area contributed by atoms with Gasteiger partial charge in [0.25, 0.3) is 0 Å². The van der Waals surface area contributed by atoms with Crippen molar-refractivity contribution in [2.75, 3.05) is 0 Å². The first-order valence-corrected chi connectivity index (χ1v) is 21.1. The molecule has 1 aliphatic carbocycles. The third-order valence-corrected chi connectivity index (χ3v) is 13.3. The molecule has 0 fully saturated rings. The van der Waals surface area contributed by atoms with Crippen molar-refractivity contribution in [1.82, 2.24) is 19.1 Å². The molecular formula is C57H38N4. The monoisotopic (exact) mass is 778 g/mol. The standard InChI is InChI=1S/C57H38N4/c1-57(2)47-21-11-8-18-41(47)42-28-27-39(34-48(42)57)60-50-23-13-10-19-43(50)45-32-37(25-29-51(45)60)38-26-30-52-46(33-38)54-40-17-7-6-14-35(40)24-31-53(54)61(52)56-58-49-22-12-9-20-44(49)55(59-56)36-15-4-3-5-16-36/h3-34H,1-2H3. The van der Waals surface area contributed by atoms with Crippen molar-refractivity contribution in [2.45, 2.75) is 19.3 Å². The number of hydrogen-bond donors (Lipinski definition) is 0. The summed E-state index contributed by atoms with van der Waals surface area (Å²) in [5.41, 5.74) is 16.4. The Morgan fingerprint density at radius 1 is 0.393 bits per heavy atom. The highest BCUT2D eigenvalue weighted by Gasteiger charge is 2.35. The number of hydrogen-bond acceptors (Lipinski definition) is 2. The second kappa shape index (κ2) is 12.6. The number of para-hydroxylation sites is 2. The molecule has 13 rings (SSSR count). The largest absolute Gasteiger partial charge is 0.309 e. The Bertz CT molecular complexity index is 3790. The molecule has 12 aromatic rings. The fourth-order valence-electron chi connectivity index (χ4n) is 10.4. The molecule has 0 unspecified atom stereocenters. The van der Waals surface area contributed by atoms with Crippen molar-refractivity contribution < 1.29 is 0 Å². The molecule has 3 aromatic heterocycles. The number of benzene rings is 9. The van der Waals surface area contributed by atoms with E-state index in [0.29, 0.717) is 5.95 Å². The summed E-state index contributed by atoms with van der Waals surface area (Å²) in [7, 11) is 0. The van der Waals surface area contributed by atoms with Gasteiger partial charge in [0.1, 0.15) is 0 Å². The van der Waals surface area contributed by atoms with Crippen LogP contribution < -0.4 is 0 Å². The number of rotatable bonds is 4. The highest BCUT2D eigenvalue weighted by atomic mass is 15.2. The normalized spacial score (nSPS) is 13.2. The van der Waals surface area contributed by atoms with Gasteiger partial charge < -0.3 is 4.57 Å². The third kappa shape index (κ3) is 4.87. The van der Waals surface area contributed by atoms with E-state index >= 15 is 0 Å². The maximum Gasteiger partial charge on any atom is 0.235 e. The minimum Gasteiger partial charge on any atom is -0.309 e. The van der Waals surface area contributed by atoms with Crippen molar-refractivity contribution in [3.8, 4) is 45.1 Å². The predicted octanol–water partition coefficient (Wildman–Crippen LogP) is 14.6. The molecule has 0 saturated carbocycles. The molecule has 0 saturated heterocycles. The summed E-state index contributed by atoms with van der Waals surface area (Å²) in [6.45, 7) is 4.71. The highest BCUT2D eigenvalue weighted by Crippen LogP contribution is 2.50. The first-order chi connectivity index (χ1) is 30.0. The molecule has 0 aliphatic heterocycles. The highest BCUT2D eigenvalue weighted by molar-refractivity contribution is 6.22. The van der Waals surface area contributed by atoms with Gasteiger partial charge in [0, 0.05) is 43.6 Å². The smallest absolute Gasteiger partial charge is 0.235 e. The maximum absolute atomic E-state index is 5.35. The number of fused-ring (bicyclic) bond motifs is 12. The fourth-order valence-corrected chi connectivity index (χ4v) is 10.4. The summed E-state index contributed by atoms with van der Waals surface area (Å²) in [6, 6.07) is 70.6. The Balaban J connectivity index is 1.01.